The Morgan fingerprint density at radius 1 is 0.870 bits per heavy atom. The van der Waals surface area contributed by atoms with Crippen LogP contribution in [0.15, 0.2) is 12.1 Å². The molecule has 0 aliphatic carbocycles. The van der Waals surface area contributed by atoms with Gasteiger partial charge in [0.05, 0.1) is 10.0 Å². The van der Waals surface area contributed by atoms with E-state index in [2.05, 4.69) is 6.92 Å². The van der Waals surface area contributed by atoms with Crippen LogP contribution in [0.2, 0.25) is 15.1 Å². The fourth-order valence-corrected chi connectivity index (χ4v) is 3.27. The second-order valence-corrected chi connectivity index (χ2v) is 7.00. The first kappa shape index (κ1) is 20.6. The summed E-state index contributed by atoms with van der Waals surface area (Å²) in [5.74, 6) is -0.113. The van der Waals surface area contributed by atoms with Crippen LogP contribution in [0.4, 0.5) is 0 Å². The minimum atomic E-state index is -0.306. The lowest BCUT2D eigenvalue weighted by molar-refractivity contribution is -0.134. The average Bonchev–Trinajstić information content (AvgIpc) is 2.49. The lowest BCUT2D eigenvalue weighted by atomic mass is 10.1. The fraction of sp³-hybridized carbons (Fsp3) is 0.611. The number of ether oxygens (including phenoxy) is 1. The molecule has 1 rings (SSSR count). The lowest BCUT2D eigenvalue weighted by Gasteiger charge is -2.08. The van der Waals surface area contributed by atoms with Crippen LogP contribution in [-0.4, -0.2) is 5.97 Å². The summed E-state index contributed by atoms with van der Waals surface area (Å²) in [6.07, 6.45) is 11.2. The monoisotopic (exact) mass is 378 g/mol. The van der Waals surface area contributed by atoms with Gasteiger partial charge in [-0.15, -0.1) is 0 Å². The summed E-state index contributed by atoms with van der Waals surface area (Å²) in [7, 11) is 0. The van der Waals surface area contributed by atoms with Gasteiger partial charge >= 0.3 is 5.97 Å². The molecule has 0 unspecified atom stereocenters. The van der Waals surface area contributed by atoms with Crippen molar-refractivity contribution >= 4 is 40.8 Å². The van der Waals surface area contributed by atoms with Crippen molar-refractivity contribution in [3.63, 3.8) is 0 Å². The molecule has 0 amide bonds. The molecule has 0 heterocycles. The van der Waals surface area contributed by atoms with Gasteiger partial charge in [-0.2, -0.15) is 0 Å². The standard InChI is InChI=1S/C18H25Cl3O2/c1-2-3-4-5-6-7-8-9-10-11-17(22)23-18-15(20)12-14(19)13-16(18)21/h12-13H,2-11H2,1H3. The molecule has 130 valence electrons. The third-order valence-electron chi connectivity index (χ3n) is 3.66. The molecule has 0 N–H and O–H groups in total. The zero-order chi connectivity index (χ0) is 17.1. The van der Waals surface area contributed by atoms with Crippen LogP contribution >= 0.6 is 34.8 Å². The minimum Gasteiger partial charge on any atom is -0.423 e. The van der Waals surface area contributed by atoms with Crippen molar-refractivity contribution in [2.75, 3.05) is 0 Å². The van der Waals surface area contributed by atoms with E-state index < -0.39 is 0 Å². The molecule has 0 saturated carbocycles. The maximum atomic E-state index is 11.8. The quantitative estimate of drug-likeness (QED) is 0.226. The summed E-state index contributed by atoms with van der Waals surface area (Å²) in [5, 5.41) is 0.921. The van der Waals surface area contributed by atoms with Gasteiger partial charge in [0.2, 0.25) is 0 Å². The molecule has 1 aromatic carbocycles. The first-order valence-electron chi connectivity index (χ1n) is 8.39. The van der Waals surface area contributed by atoms with Gasteiger partial charge in [0.25, 0.3) is 0 Å². The van der Waals surface area contributed by atoms with Gasteiger partial charge in [-0.3, -0.25) is 4.79 Å². The highest BCUT2D eigenvalue weighted by molar-refractivity contribution is 6.40. The molecule has 5 heteroatoms. The molecular formula is C18H25Cl3O2. The predicted octanol–water partition coefficient (Wildman–Crippen LogP) is 7.47. The SMILES string of the molecule is CCCCCCCCCCCC(=O)Oc1c(Cl)cc(Cl)cc1Cl. The van der Waals surface area contributed by atoms with E-state index >= 15 is 0 Å². The van der Waals surface area contributed by atoms with Gasteiger partial charge < -0.3 is 4.74 Å². The molecule has 2 nitrogen and oxygen atoms in total. The highest BCUT2D eigenvalue weighted by Crippen LogP contribution is 2.36. The highest BCUT2D eigenvalue weighted by atomic mass is 35.5. The first-order chi connectivity index (χ1) is 11.0. The van der Waals surface area contributed by atoms with E-state index in [4.69, 9.17) is 39.5 Å². The number of rotatable bonds is 11. The number of hydrogen-bond acceptors (Lipinski definition) is 2. The van der Waals surface area contributed by atoms with Crippen molar-refractivity contribution < 1.29 is 9.53 Å². The van der Waals surface area contributed by atoms with Crippen LogP contribution in [0.3, 0.4) is 0 Å². The van der Waals surface area contributed by atoms with Crippen molar-refractivity contribution in [2.24, 2.45) is 0 Å². The fourth-order valence-electron chi connectivity index (χ4n) is 2.37. The minimum absolute atomic E-state index is 0.193. The molecule has 23 heavy (non-hydrogen) atoms. The number of hydrogen-bond donors (Lipinski definition) is 0. The summed E-state index contributed by atoms with van der Waals surface area (Å²) in [4.78, 5) is 11.8. The summed E-state index contributed by atoms with van der Waals surface area (Å²) in [6.45, 7) is 2.23. The van der Waals surface area contributed by atoms with Gasteiger partial charge in [-0.1, -0.05) is 93.1 Å². The Balaban J connectivity index is 2.16. The predicted molar refractivity (Wildman–Crippen MR) is 99.0 cm³/mol. The smallest absolute Gasteiger partial charge is 0.311 e. The van der Waals surface area contributed by atoms with E-state index in [1.165, 1.54) is 57.1 Å². The number of esters is 1. The van der Waals surface area contributed by atoms with E-state index in [-0.39, 0.29) is 21.8 Å². The van der Waals surface area contributed by atoms with Gasteiger partial charge in [-0.05, 0) is 18.6 Å². The van der Waals surface area contributed by atoms with Crippen molar-refractivity contribution in [3.05, 3.63) is 27.2 Å². The molecule has 1 aromatic rings. The van der Waals surface area contributed by atoms with Gasteiger partial charge in [0, 0.05) is 11.4 Å². The molecule has 0 aliphatic rings. The van der Waals surface area contributed by atoms with Gasteiger partial charge in [0.1, 0.15) is 0 Å². The highest BCUT2D eigenvalue weighted by Gasteiger charge is 2.13. The Morgan fingerprint density at radius 3 is 1.87 bits per heavy atom. The Kier molecular flexibility index (Phi) is 10.7. The van der Waals surface area contributed by atoms with Crippen LogP contribution in [0, 0.1) is 0 Å². The van der Waals surface area contributed by atoms with E-state index in [1.807, 2.05) is 0 Å². The zero-order valence-electron chi connectivity index (χ0n) is 13.7. The number of carbonyl (C=O) groups is 1. The first-order valence-corrected chi connectivity index (χ1v) is 9.53. The maximum absolute atomic E-state index is 11.8. The topological polar surface area (TPSA) is 26.3 Å². The average molecular weight is 380 g/mol. The molecule has 0 aliphatic heterocycles. The van der Waals surface area contributed by atoms with Crippen molar-refractivity contribution in [3.8, 4) is 5.75 Å². The summed E-state index contributed by atoms with van der Waals surface area (Å²) in [6, 6.07) is 3.02. The molecule has 0 fully saturated rings. The second-order valence-electron chi connectivity index (χ2n) is 5.75. The van der Waals surface area contributed by atoms with Gasteiger partial charge in [-0.25, -0.2) is 0 Å². The number of halogens is 3. The summed E-state index contributed by atoms with van der Waals surface area (Å²) < 4.78 is 5.24. The molecule has 0 atom stereocenters. The molecular weight excluding hydrogens is 355 g/mol. The number of benzene rings is 1. The molecule has 0 spiro atoms. The van der Waals surface area contributed by atoms with Crippen LogP contribution in [-0.2, 0) is 4.79 Å². The molecule has 0 radical (unpaired) electrons. The molecule has 0 saturated heterocycles. The van der Waals surface area contributed by atoms with Crippen LogP contribution < -0.4 is 4.74 Å². The molecule has 0 aromatic heterocycles. The lowest BCUT2D eigenvalue weighted by Crippen LogP contribution is -2.08. The zero-order valence-corrected chi connectivity index (χ0v) is 15.9. The van der Waals surface area contributed by atoms with Crippen molar-refractivity contribution in [1.82, 2.24) is 0 Å². The Morgan fingerprint density at radius 2 is 1.35 bits per heavy atom. The van der Waals surface area contributed by atoms with Crippen LogP contribution in [0.1, 0.15) is 71.1 Å². The van der Waals surface area contributed by atoms with Crippen molar-refractivity contribution in [1.29, 1.82) is 0 Å². The van der Waals surface area contributed by atoms with E-state index in [0.717, 1.165) is 12.8 Å². The number of unbranched alkanes of at least 4 members (excludes halogenated alkanes) is 8. The molecule has 0 bridgehead atoms. The summed E-state index contributed by atoms with van der Waals surface area (Å²) >= 11 is 17.8. The van der Waals surface area contributed by atoms with Crippen LogP contribution in [0.25, 0.3) is 0 Å². The third-order valence-corrected chi connectivity index (χ3v) is 4.44. The largest absolute Gasteiger partial charge is 0.423 e. The summed E-state index contributed by atoms with van der Waals surface area (Å²) in [5.41, 5.74) is 0. The Hall–Kier alpha value is -0.440. The van der Waals surface area contributed by atoms with Gasteiger partial charge in [0.15, 0.2) is 5.75 Å². The van der Waals surface area contributed by atoms with E-state index in [9.17, 15) is 4.79 Å². The van der Waals surface area contributed by atoms with E-state index in [0.29, 0.717) is 11.4 Å². The van der Waals surface area contributed by atoms with Crippen molar-refractivity contribution in [2.45, 2.75) is 71.1 Å². The number of carbonyl (C=O) groups excluding carboxylic acids is 1. The normalized spacial score (nSPS) is 10.8. The third kappa shape index (κ3) is 8.83. The Bertz CT molecular complexity index is 466. The Labute approximate surface area is 154 Å². The maximum Gasteiger partial charge on any atom is 0.311 e. The van der Waals surface area contributed by atoms with E-state index in [1.54, 1.807) is 0 Å². The second kappa shape index (κ2) is 12.0. The van der Waals surface area contributed by atoms with Crippen LogP contribution in [0.5, 0.6) is 5.75 Å².